The molecule has 0 aromatic heterocycles. The molecule has 0 unspecified atom stereocenters. The molecule has 6 heteroatoms. The van der Waals surface area contributed by atoms with Crippen molar-refractivity contribution in [2.45, 2.75) is 64.7 Å². The first-order valence-corrected chi connectivity index (χ1v) is 14.4. The highest BCUT2D eigenvalue weighted by Gasteiger charge is 2.38. The summed E-state index contributed by atoms with van der Waals surface area (Å²) in [6.45, 7) is 8.63. The maximum absolute atomic E-state index is 13.8. The SMILES string of the molecule is CCC1(CC)N=c2ccc(=C3C(=O)C(c4ccc5c6c(cccc46)NC(CC)(CC)N5)=C3O)c3cccc(c23)N1. The number of benzene rings is 4. The summed E-state index contributed by atoms with van der Waals surface area (Å²) in [5.74, 6) is -0.0824. The van der Waals surface area contributed by atoms with Crippen molar-refractivity contribution in [1.82, 2.24) is 0 Å². The highest BCUT2D eigenvalue weighted by atomic mass is 16.3. The molecule has 202 valence electrons. The zero-order valence-corrected chi connectivity index (χ0v) is 23.4. The van der Waals surface area contributed by atoms with Crippen molar-refractivity contribution in [2.75, 3.05) is 16.0 Å². The van der Waals surface area contributed by atoms with Crippen LogP contribution in [0.15, 0.2) is 71.4 Å². The second-order valence-corrected chi connectivity index (χ2v) is 11.2. The molecule has 0 amide bonds. The zero-order valence-electron chi connectivity index (χ0n) is 23.4. The first-order chi connectivity index (χ1) is 19.4. The van der Waals surface area contributed by atoms with E-state index >= 15 is 0 Å². The molecule has 40 heavy (non-hydrogen) atoms. The molecule has 3 aliphatic rings. The van der Waals surface area contributed by atoms with Gasteiger partial charge in [-0.15, -0.1) is 0 Å². The van der Waals surface area contributed by atoms with Gasteiger partial charge in [0.15, 0.2) is 0 Å². The van der Waals surface area contributed by atoms with Gasteiger partial charge in [-0.1, -0.05) is 64.1 Å². The van der Waals surface area contributed by atoms with Gasteiger partial charge in [-0.25, -0.2) is 0 Å². The fraction of sp³-hybridized carbons (Fsp3) is 0.294. The average molecular weight is 531 g/mol. The van der Waals surface area contributed by atoms with Crippen molar-refractivity contribution < 1.29 is 9.90 Å². The second-order valence-electron chi connectivity index (χ2n) is 11.2. The quantitative estimate of drug-likeness (QED) is 0.233. The Balaban J connectivity index is 1.42. The van der Waals surface area contributed by atoms with Gasteiger partial charge in [0.1, 0.15) is 17.1 Å². The van der Waals surface area contributed by atoms with Crippen LogP contribution in [0.5, 0.6) is 0 Å². The summed E-state index contributed by atoms with van der Waals surface area (Å²) >= 11 is 0. The molecule has 0 bridgehead atoms. The predicted molar refractivity (Wildman–Crippen MR) is 164 cm³/mol. The molecule has 0 atom stereocenters. The Hall–Kier alpha value is -4.32. The van der Waals surface area contributed by atoms with E-state index in [2.05, 4.69) is 55.8 Å². The third-order valence-corrected chi connectivity index (χ3v) is 9.35. The maximum atomic E-state index is 13.8. The number of hydrogen-bond acceptors (Lipinski definition) is 6. The molecule has 4 aromatic rings. The third-order valence-electron chi connectivity index (χ3n) is 9.35. The minimum atomic E-state index is -0.330. The highest BCUT2D eigenvalue weighted by Crippen LogP contribution is 2.46. The van der Waals surface area contributed by atoms with E-state index in [1.807, 2.05) is 48.5 Å². The Kier molecular flexibility index (Phi) is 5.30. The largest absolute Gasteiger partial charge is 0.506 e. The minimum Gasteiger partial charge on any atom is -0.506 e. The number of rotatable bonds is 5. The van der Waals surface area contributed by atoms with Gasteiger partial charge in [0, 0.05) is 27.8 Å². The third kappa shape index (κ3) is 3.22. The Bertz CT molecular complexity index is 1900. The Morgan fingerprint density at radius 2 is 1.35 bits per heavy atom. The summed E-state index contributed by atoms with van der Waals surface area (Å²) in [6, 6.07) is 20.1. The second kappa shape index (κ2) is 8.59. The lowest BCUT2D eigenvalue weighted by Gasteiger charge is -2.41. The van der Waals surface area contributed by atoms with Gasteiger partial charge in [-0.05, 0) is 71.5 Å². The number of nitrogens with zero attached hydrogens (tertiary/aromatic N) is 1. The number of carbonyl (C=O) groups excluding carboxylic acids is 1. The van der Waals surface area contributed by atoms with Crippen molar-refractivity contribution in [3.63, 3.8) is 0 Å². The minimum absolute atomic E-state index is 0.0526. The number of ketones is 1. The van der Waals surface area contributed by atoms with E-state index in [1.54, 1.807) is 0 Å². The van der Waals surface area contributed by atoms with Gasteiger partial charge in [0.05, 0.1) is 16.5 Å². The Labute approximate surface area is 233 Å². The van der Waals surface area contributed by atoms with E-state index < -0.39 is 0 Å². The van der Waals surface area contributed by atoms with Crippen molar-refractivity contribution in [2.24, 2.45) is 4.99 Å². The number of anilines is 3. The lowest BCUT2D eigenvalue weighted by atomic mass is 9.79. The average Bonchev–Trinajstić information content (AvgIpc) is 2.99. The van der Waals surface area contributed by atoms with Crippen LogP contribution in [-0.4, -0.2) is 22.2 Å². The van der Waals surface area contributed by atoms with Crippen LogP contribution in [0.4, 0.5) is 17.1 Å². The van der Waals surface area contributed by atoms with Crippen LogP contribution in [0.25, 0.3) is 32.7 Å². The predicted octanol–water partition coefficient (Wildman–Crippen LogP) is 6.61. The van der Waals surface area contributed by atoms with Crippen LogP contribution >= 0.6 is 0 Å². The highest BCUT2D eigenvalue weighted by molar-refractivity contribution is 6.53. The number of hydrogen-bond donors (Lipinski definition) is 4. The number of nitrogens with one attached hydrogen (secondary N) is 3. The molecule has 4 N–H and O–H groups in total. The van der Waals surface area contributed by atoms with Crippen LogP contribution in [-0.2, 0) is 4.79 Å². The smallest absolute Gasteiger partial charge is 0.201 e. The van der Waals surface area contributed by atoms with E-state index in [0.717, 1.165) is 80.4 Å². The van der Waals surface area contributed by atoms with Crippen LogP contribution in [0.3, 0.4) is 0 Å². The molecule has 4 aromatic carbocycles. The standard InChI is InChI=1S/C34H34N4O2/c1-5-33(6-2)35-23-13-9-11-19-21(15-17-25(37-33)27(19)23)29-31(39)30(32(29)40)22-16-18-26-28-20(22)12-10-14-24(28)36-34(7-3,8-4)38-26/h9-18,35-37,39H,5-8H2,1-4H3. The van der Waals surface area contributed by atoms with Crippen LogP contribution in [0.1, 0.15) is 58.9 Å². The molecular formula is C34H34N4O2. The molecule has 0 saturated carbocycles. The summed E-state index contributed by atoms with van der Waals surface area (Å²) in [6.07, 6.45) is 3.61. The van der Waals surface area contributed by atoms with Crippen LogP contribution in [0.2, 0.25) is 0 Å². The summed E-state index contributed by atoms with van der Waals surface area (Å²) in [4.78, 5) is 18.9. The molecule has 0 saturated heterocycles. The van der Waals surface area contributed by atoms with E-state index in [-0.39, 0.29) is 22.9 Å². The lowest BCUT2D eigenvalue weighted by molar-refractivity contribution is -0.109. The summed E-state index contributed by atoms with van der Waals surface area (Å²) < 4.78 is 0. The van der Waals surface area contributed by atoms with Crippen LogP contribution in [0, 0.1) is 0 Å². The van der Waals surface area contributed by atoms with Gasteiger partial charge in [-0.2, -0.15) is 0 Å². The van der Waals surface area contributed by atoms with E-state index in [4.69, 9.17) is 4.99 Å². The fourth-order valence-electron chi connectivity index (χ4n) is 6.78. The zero-order chi connectivity index (χ0) is 27.8. The summed E-state index contributed by atoms with van der Waals surface area (Å²) in [7, 11) is 0. The first-order valence-electron chi connectivity index (χ1n) is 14.4. The van der Waals surface area contributed by atoms with Gasteiger partial charge in [0.2, 0.25) is 5.78 Å². The van der Waals surface area contributed by atoms with Gasteiger partial charge in [-0.3, -0.25) is 9.79 Å². The molecule has 2 heterocycles. The molecule has 6 nitrogen and oxygen atoms in total. The normalized spacial score (nSPS) is 19.4. The first kappa shape index (κ1) is 24.7. The number of allylic oxidation sites excluding steroid dienone is 2. The number of aliphatic hydroxyl groups excluding tert-OH is 1. The summed E-state index contributed by atoms with van der Waals surface area (Å²) in [5, 5.41) is 28.1. The van der Waals surface area contributed by atoms with E-state index in [1.165, 1.54) is 0 Å². The molecule has 7 rings (SSSR count). The van der Waals surface area contributed by atoms with Crippen molar-refractivity contribution in [1.29, 1.82) is 0 Å². The van der Waals surface area contributed by atoms with Crippen molar-refractivity contribution in [3.05, 3.63) is 82.6 Å². The molecule has 0 radical (unpaired) electrons. The Morgan fingerprint density at radius 1 is 0.700 bits per heavy atom. The Morgan fingerprint density at radius 3 is 2.00 bits per heavy atom. The van der Waals surface area contributed by atoms with Gasteiger partial charge < -0.3 is 21.1 Å². The molecule has 0 fully saturated rings. The van der Waals surface area contributed by atoms with Crippen molar-refractivity contribution in [3.8, 4) is 0 Å². The summed E-state index contributed by atoms with van der Waals surface area (Å²) in [5.41, 5.74) is 4.07. The molecular weight excluding hydrogens is 496 g/mol. The molecule has 2 aliphatic heterocycles. The number of carbonyl (C=O) groups is 1. The topological polar surface area (TPSA) is 85.8 Å². The molecule has 1 aliphatic carbocycles. The van der Waals surface area contributed by atoms with Crippen LogP contribution < -0.4 is 26.5 Å². The lowest BCUT2D eigenvalue weighted by Crippen LogP contribution is -2.47. The van der Waals surface area contributed by atoms with E-state index in [0.29, 0.717) is 11.1 Å². The van der Waals surface area contributed by atoms with Gasteiger partial charge in [0.25, 0.3) is 0 Å². The monoisotopic (exact) mass is 530 g/mol. The fourth-order valence-corrected chi connectivity index (χ4v) is 6.78. The van der Waals surface area contributed by atoms with Crippen molar-refractivity contribution >= 4 is 55.5 Å². The molecule has 0 spiro atoms. The number of aliphatic hydroxyl groups is 1. The van der Waals surface area contributed by atoms with E-state index in [9.17, 15) is 9.90 Å². The number of Topliss-reactive ketones (excluding diaryl/α,β-unsaturated/α-hetero) is 1. The maximum Gasteiger partial charge on any atom is 0.201 e. The van der Waals surface area contributed by atoms with Gasteiger partial charge >= 0.3 is 0 Å².